The van der Waals surface area contributed by atoms with Gasteiger partial charge < -0.3 is 15.0 Å². The van der Waals surface area contributed by atoms with Crippen LogP contribution >= 0.6 is 11.6 Å². The van der Waals surface area contributed by atoms with Gasteiger partial charge in [-0.1, -0.05) is 66.8 Å². The number of benzene rings is 2. The smallest absolute Gasteiger partial charge is 0.261 e. The molecule has 1 atom stereocenters. The molecule has 2 aromatic rings. The average molecular weight is 457 g/mol. The van der Waals surface area contributed by atoms with Gasteiger partial charge >= 0.3 is 0 Å². The zero-order valence-electron chi connectivity index (χ0n) is 19.2. The number of ether oxygens (including phenoxy) is 1. The lowest BCUT2D eigenvalue weighted by Gasteiger charge is -2.31. The molecule has 1 aliphatic carbocycles. The second kappa shape index (κ2) is 11.4. The van der Waals surface area contributed by atoms with Gasteiger partial charge in [-0.2, -0.15) is 0 Å². The Morgan fingerprint density at radius 1 is 1.12 bits per heavy atom. The predicted octanol–water partition coefficient (Wildman–Crippen LogP) is 5.20. The van der Waals surface area contributed by atoms with Gasteiger partial charge in [0.1, 0.15) is 11.8 Å². The van der Waals surface area contributed by atoms with Gasteiger partial charge in [0.25, 0.3) is 5.91 Å². The SMILES string of the molecule is Cc1ccc(OCC(=O)N(Cc2ccccc2Cl)[C@H](C)C(=O)NC2CCCCC2)c(C)c1. The van der Waals surface area contributed by atoms with E-state index in [1.54, 1.807) is 17.9 Å². The van der Waals surface area contributed by atoms with Crippen molar-refractivity contribution in [3.05, 3.63) is 64.2 Å². The summed E-state index contributed by atoms with van der Waals surface area (Å²) >= 11 is 6.35. The summed E-state index contributed by atoms with van der Waals surface area (Å²) in [4.78, 5) is 27.8. The lowest BCUT2D eigenvalue weighted by Crippen LogP contribution is -2.51. The molecular formula is C26H33ClN2O3. The van der Waals surface area contributed by atoms with E-state index in [0.717, 1.165) is 42.4 Å². The van der Waals surface area contributed by atoms with Crippen molar-refractivity contribution in [3.8, 4) is 5.75 Å². The van der Waals surface area contributed by atoms with Crippen molar-refractivity contribution in [1.29, 1.82) is 0 Å². The third-order valence-electron chi connectivity index (χ3n) is 6.10. The highest BCUT2D eigenvalue weighted by molar-refractivity contribution is 6.31. The normalized spacial score (nSPS) is 15.1. The molecular weight excluding hydrogens is 424 g/mol. The summed E-state index contributed by atoms with van der Waals surface area (Å²) in [5.74, 6) is 0.279. The quantitative estimate of drug-likeness (QED) is 0.593. The maximum atomic E-state index is 13.2. The molecule has 1 aliphatic rings. The highest BCUT2D eigenvalue weighted by Crippen LogP contribution is 2.22. The molecule has 32 heavy (non-hydrogen) atoms. The molecule has 0 aromatic heterocycles. The van der Waals surface area contributed by atoms with E-state index in [-0.39, 0.29) is 31.0 Å². The van der Waals surface area contributed by atoms with Crippen LogP contribution in [0.5, 0.6) is 5.75 Å². The summed E-state index contributed by atoms with van der Waals surface area (Å²) in [7, 11) is 0. The summed E-state index contributed by atoms with van der Waals surface area (Å²) in [5, 5.41) is 3.71. The van der Waals surface area contributed by atoms with Crippen LogP contribution in [-0.2, 0) is 16.1 Å². The third kappa shape index (κ3) is 6.49. The molecule has 0 unspecified atom stereocenters. The summed E-state index contributed by atoms with van der Waals surface area (Å²) in [5.41, 5.74) is 2.90. The monoisotopic (exact) mass is 456 g/mol. The van der Waals surface area contributed by atoms with Crippen LogP contribution in [-0.4, -0.2) is 35.4 Å². The maximum Gasteiger partial charge on any atom is 0.261 e. The second-order valence-corrected chi connectivity index (χ2v) is 9.10. The Morgan fingerprint density at radius 2 is 1.84 bits per heavy atom. The first-order chi connectivity index (χ1) is 15.3. The summed E-state index contributed by atoms with van der Waals surface area (Å²) < 4.78 is 5.83. The van der Waals surface area contributed by atoms with Crippen LogP contribution in [0.1, 0.15) is 55.7 Å². The lowest BCUT2D eigenvalue weighted by atomic mass is 9.95. The van der Waals surface area contributed by atoms with Crippen molar-refractivity contribution in [1.82, 2.24) is 10.2 Å². The molecule has 0 bridgehead atoms. The van der Waals surface area contributed by atoms with Gasteiger partial charge in [-0.15, -0.1) is 0 Å². The number of halogens is 1. The minimum Gasteiger partial charge on any atom is -0.483 e. The molecule has 2 amide bonds. The maximum absolute atomic E-state index is 13.2. The zero-order chi connectivity index (χ0) is 23.1. The van der Waals surface area contributed by atoms with Crippen LogP contribution in [0.25, 0.3) is 0 Å². The van der Waals surface area contributed by atoms with Gasteiger partial charge in [-0.05, 0) is 56.9 Å². The third-order valence-corrected chi connectivity index (χ3v) is 6.47. The van der Waals surface area contributed by atoms with Crippen molar-refractivity contribution >= 4 is 23.4 Å². The Balaban J connectivity index is 1.73. The van der Waals surface area contributed by atoms with Gasteiger partial charge in [-0.3, -0.25) is 9.59 Å². The van der Waals surface area contributed by atoms with E-state index in [1.165, 1.54) is 6.42 Å². The van der Waals surface area contributed by atoms with E-state index < -0.39 is 6.04 Å². The van der Waals surface area contributed by atoms with E-state index in [2.05, 4.69) is 5.32 Å². The van der Waals surface area contributed by atoms with E-state index in [4.69, 9.17) is 16.3 Å². The van der Waals surface area contributed by atoms with Crippen molar-refractivity contribution in [2.45, 2.75) is 71.5 Å². The first kappa shape index (κ1) is 24.1. The number of nitrogens with zero attached hydrogens (tertiary/aromatic N) is 1. The fourth-order valence-electron chi connectivity index (χ4n) is 4.15. The number of carbonyl (C=O) groups is 2. The average Bonchev–Trinajstić information content (AvgIpc) is 2.78. The van der Waals surface area contributed by atoms with Crippen molar-refractivity contribution < 1.29 is 14.3 Å². The van der Waals surface area contributed by atoms with E-state index in [1.807, 2.05) is 50.2 Å². The van der Waals surface area contributed by atoms with E-state index in [9.17, 15) is 9.59 Å². The Bertz CT molecular complexity index is 940. The standard InChI is InChI=1S/C26H33ClN2O3/c1-18-13-14-24(19(2)15-18)32-17-25(30)29(16-21-9-7-8-12-23(21)27)20(3)26(31)28-22-10-5-4-6-11-22/h7-9,12-15,20,22H,4-6,10-11,16-17H2,1-3H3,(H,28,31)/t20-/m1/s1. The Morgan fingerprint density at radius 3 is 2.53 bits per heavy atom. The second-order valence-electron chi connectivity index (χ2n) is 8.69. The molecule has 1 fully saturated rings. The molecule has 0 heterocycles. The predicted molar refractivity (Wildman–Crippen MR) is 128 cm³/mol. The van der Waals surface area contributed by atoms with Crippen LogP contribution in [0, 0.1) is 13.8 Å². The molecule has 0 spiro atoms. The van der Waals surface area contributed by atoms with Gasteiger partial charge in [-0.25, -0.2) is 0 Å². The molecule has 6 heteroatoms. The number of carbonyl (C=O) groups excluding carboxylic acids is 2. The van der Waals surface area contributed by atoms with Crippen molar-refractivity contribution in [2.24, 2.45) is 0 Å². The van der Waals surface area contributed by atoms with Gasteiger partial charge in [0.15, 0.2) is 6.61 Å². The highest BCUT2D eigenvalue weighted by atomic mass is 35.5. The zero-order valence-corrected chi connectivity index (χ0v) is 20.0. The summed E-state index contributed by atoms with van der Waals surface area (Å²) in [6.45, 7) is 5.84. The fourth-order valence-corrected chi connectivity index (χ4v) is 4.34. The molecule has 172 valence electrons. The van der Waals surface area contributed by atoms with Crippen molar-refractivity contribution in [2.75, 3.05) is 6.61 Å². The van der Waals surface area contributed by atoms with Gasteiger partial charge in [0, 0.05) is 17.6 Å². The van der Waals surface area contributed by atoms with Crippen LogP contribution in [0.3, 0.4) is 0 Å². The highest BCUT2D eigenvalue weighted by Gasteiger charge is 2.29. The molecule has 5 nitrogen and oxygen atoms in total. The fraction of sp³-hybridized carbons (Fsp3) is 0.462. The topological polar surface area (TPSA) is 58.6 Å². The molecule has 0 radical (unpaired) electrons. The largest absolute Gasteiger partial charge is 0.483 e. The van der Waals surface area contributed by atoms with Gasteiger partial charge in [0.2, 0.25) is 5.91 Å². The van der Waals surface area contributed by atoms with E-state index in [0.29, 0.717) is 10.8 Å². The number of aryl methyl sites for hydroxylation is 2. The van der Waals surface area contributed by atoms with Crippen LogP contribution in [0.15, 0.2) is 42.5 Å². The lowest BCUT2D eigenvalue weighted by molar-refractivity contribution is -0.142. The number of hydrogen-bond donors (Lipinski definition) is 1. The van der Waals surface area contributed by atoms with E-state index >= 15 is 0 Å². The number of rotatable bonds is 8. The molecule has 0 aliphatic heterocycles. The minimum atomic E-state index is -0.636. The Kier molecular flexibility index (Phi) is 8.57. The number of hydrogen-bond acceptors (Lipinski definition) is 3. The summed E-state index contributed by atoms with van der Waals surface area (Å²) in [6.07, 6.45) is 5.46. The number of amides is 2. The van der Waals surface area contributed by atoms with Gasteiger partial charge in [0.05, 0.1) is 0 Å². The molecule has 3 rings (SSSR count). The van der Waals surface area contributed by atoms with Crippen LogP contribution in [0.4, 0.5) is 0 Å². The molecule has 1 saturated carbocycles. The first-order valence-corrected chi connectivity index (χ1v) is 11.8. The first-order valence-electron chi connectivity index (χ1n) is 11.4. The minimum absolute atomic E-state index is 0.135. The van der Waals surface area contributed by atoms with Crippen molar-refractivity contribution in [3.63, 3.8) is 0 Å². The summed E-state index contributed by atoms with van der Waals surface area (Å²) in [6, 6.07) is 12.8. The molecule has 1 N–H and O–H groups in total. The van der Waals surface area contributed by atoms with Crippen LogP contribution < -0.4 is 10.1 Å². The Hall–Kier alpha value is -2.53. The Labute approximate surface area is 196 Å². The van der Waals surface area contributed by atoms with Crippen LogP contribution in [0.2, 0.25) is 5.02 Å². The molecule has 0 saturated heterocycles. The molecule has 2 aromatic carbocycles. The number of nitrogens with one attached hydrogen (secondary N) is 1.